The summed E-state index contributed by atoms with van der Waals surface area (Å²) in [6.07, 6.45) is 9.39. The number of amides is 1. The lowest BCUT2D eigenvalue weighted by Gasteiger charge is -2.34. The Kier molecular flexibility index (Phi) is 5.11. The van der Waals surface area contributed by atoms with E-state index in [-0.39, 0.29) is 24.1 Å². The van der Waals surface area contributed by atoms with E-state index in [2.05, 4.69) is 5.10 Å². The van der Waals surface area contributed by atoms with Crippen LogP contribution in [0.5, 0.6) is 0 Å². The fourth-order valence-electron chi connectivity index (χ4n) is 3.90. The van der Waals surface area contributed by atoms with E-state index >= 15 is 0 Å². The maximum absolute atomic E-state index is 13.2. The van der Waals surface area contributed by atoms with Gasteiger partial charge in [0, 0.05) is 31.4 Å². The number of fused-ring (bicyclic) bond motifs is 1. The molecule has 1 saturated carbocycles. The Hall–Kier alpha value is -2.41. The molecule has 1 aliphatic rings. The van der Waals surface area contributed by atoms with Crippen molar-refractivity contribution in [1.29, 1.82) is 0 Å². The first kappa shape index (κ1) is 18.0. The third-order valence-electron chi connectivity index (χ3n) is 5.28. The summed E-state index contributed by atoms with van der Waals surface area (Å²) < 4.78 is 4.27. The van der Waals surface area contributed by atoms with Crippen LogP contribution in [0, 0.1) is 0 Å². The van der Waals surface area contributed by atoms with E-state index < -0.39 is 0 Å². The van der Waals surface area contributed by atoms with Gasteiger partial charge < -0.3 is 4.90 Å². The Balaban J connectivity index is 1.58. The molecule has 1 fully saturated rings. The molecular formula is C20H24N4O2S. The van der Waals surface area contributed by atoms with Crippen molar-refractivity contribution in [1.82, 2.24) is 18.6 Å². The van der Waals surface area contributed by atoms with Crippen molar-refractivity contribution in [2.75, 3.05) is 0 Å². The summed E-state index contributed by atoms with van der Waals surface area (Å²) in [5, 5.41) is 4.91. The highest BCUT2D eigenvalue weighted by Gasteiger charge is 2.26. The van der Waals surface area contributed by atoms with Crippen molar-refractivity contribution < 1.29 is 4.79 Å². The lowest BCUT2D eigenvalue weighted by atomic mass is 9.94. The molecule has 27 heavy (non-hydrogen) atoms. The number of aromatic nitrogens is 3. The third-order valence-corrected chi connectivity index (χ3v) is 6.35. The maximum Gasteiger partial charge on any atom is 0.268 e. The van der Waals surface area contributed by atoms with Gasteiger partial charge in [-0.05, 0) is 25.0 Å². The summed E-state index contributed by atoms with van der Waals surface area (Å²) in [4.78, 5) is 27.8. The van der Waals surface area contributed by atoms with E-state index in [0.717, 1.165) is 35.9 Å². The van der Waals surface area contributed by atoms with Crippen LogP contribution in [0.4, 0.5) is 0 Å². The monoisotopic (exact) mass is 384 g/mol. The van der Waals surface area contributed by atoms with Crippen molar-refractivity contribution in [2.45, 2.75) is 51.2 Å². The molecule has 1 aliphatic carbocycles. The van der Waals surface area contributed by atoms with Gasteiger partial charge in [-0.15, -0.1) is 0 Å². The molecular weight excluding hydrogens is 360 g/mol. The van der Waals surface area contributed by atoms with Gasteiger partial charge in [0.1, 0.15) is 6.54 Å². The normalized spacial score (nSPS) is 15.3. The molecule has 0 bridgehead atoms. The maximum atomic E-state index is 13.2. The first-order chi connectivity index (χ1) is 13.1. The number of aryl methyl sites for hydroxylation is 1. The molecule has 0 unspecified atom stereocenters. The fraction of sp³-hybridized carbons (Fsp3) is 0.450. The first-order valence-corrected chi connectivity index (χ1v) is 10.2. The minimum atomic E-state index is -0.0751. The van der Waals surface area contributed by atoms with E-state index in [1.165, 1.54) is 18.0 Å². The van der Waals surface area contributed by atoms with Crippen molar-refractivity contribution in [3.8, 4) is 0 Å². The van der Waals surface area contributed by atoms with Crippen LogP contribution >= 0.6 is 11.5 Å². The van der Waals surface area contributed by atoms with Gasteiger partial charge in [-0.3, -0.25) is 18.2 Å². The zero-order chi connectivity index (χ0) is 18.8. The van der Waals surface area contributed by atoms with Gasteiger partial charge in [0.2, 0.25) is 5.91 Å². The lowest BCUT2D eigenvalue weighted by molar-refractivity contribution is -0.135. The predicted octanol–water partition coefficient (Wildman–Crippen LogP) is 3.16. The van der Waals surface area contributed by atoms with Gasteiger partial charge in [0.25, 0.3) is 5.56 Å². The van der Waals surface area contributed by atoms with E-state index in [0.29, 0.717) is 11.9 Å². The Bertz CT molecular complexity index is 997. The molecule has 2 heterocycles. The second-order valence-corrected chi connectivity index (χ2v) is 8.33. The van der Waals surface area contributed by atoms with Crippen LogP contribution in [0.25, 0.3) is 10.1 Å². The Morgan fingerprint density at radius 1 is 1.26 bits per heavy atom. The van der Waals surface area contributed by atoms with Crippen molar-refractivity contribution in [3.05, 3.63) is 52.6 Å². The second kappa shape index (κ2) is 7.68. The first-order valence-electron chi connectivity index (χ1n) is 9.47. The average molecular weight is 385 g/mol. The summed E-state index contributed by atoms with van der Waals surface area (Å²) in [7, 11) is 1.88. The number of carbonyl (C=O) groups is 1. The van der Waals surface area contributed by atoms with Crippen LogP contribution in [-0.2, 0) is 24.9 Å². The number of benzene rings is 1. The molecule has 4 rings (SSSR count). The van der Waals surface area contributed by atoms with Gasteiger partial charge in [-0.1, -0.05) is 42.9 Å². The molecule has 0 spiro atoms. The molecule has 2 aromatic heterocycles. The molecule has 0 radical (unpaired) electrons. The smallest absolute Gasteiger partial charge is 0.268 e. The third kappa shape index (κ3) is 3.83. The number of hydrogen-bond acceptors (Lipinski definition) is 4. The van der Waals surface area contributed by atoms with E-state index in [1.807, 2.05) is 48.6 Å². The summed E-state index contributed by atoms with van der Waals surface area (Å²) in [5.41, 5.74) is 0.953. The topological polar surface area (TPSA) is 60.1 Å². The summed E-state index contributed by atoms with van der Waals surface area (Å²) in [6.45, 7) is 0.659. The van der Waals surface area contributed by atoms with Crippen LogP contribution in [-0.4, -0.2) is 30.6 Å². The average Bonchev–Trinajstić information content (AvgIpc) is 3.24. The Labute approximate surface area is 162 Å². The molecule has 7 heteroatoms. The second-order valence-electron chi connectivity index (χ2n) is 7.26. The largest absolute Gasteiger partial charge is 0.334 e. The van der Waals surface area contributed by atoms with E-state index in [4.69, 9.17) is 0 Å². The van der Waals surface area contributed by atoms with Crippen molar-refractivity contribution in [3.63, 3.8) is 0 Å². The minimum Gasteiger partial charge on any atom is -0.334 e. The molecule has 0 atom stereocenters. The number of nitrogens with zero attached hydrogens (tertiary/aromatic N) is 4. The molecule has 6 nitrogen and oxygen atoms in total. The highest BCUT2D eigenvalue weighted by molar-refractivity contribution is 7.13. The van der Waals surface area contributed by atoms with E-state index in [1.54, 1.807) is 8.64 Å². The fourth-order valence-corrected chi connectivity index (χ4v) is 4.89. The number of hydrogen-bond donors (Lipinski definition) is 0. The van der Waals surface area contributed by atoms with Crippen molar-refractivity contribution in [2.24, 2.45) is 7.05 Å². The van der Waals surface area contributed by atoms with Crippen LogP contribution in [0.2, 0.25) is 0 Å². The summed E-state index contributed by atoms with van der Waals surface area (Å²) in [5.74, 6) is 0.0133. The molecule has 1 amide bonds. The number of carbonyl (C=O) groups excluding carboxylic acids is 1. The Morgan fingerprint density at radius 3 is 2.74 bits per heavy atom. The molecule has 0 saturated heterocycles. The highest BCUT2D eigenvalue weighted by atomic mass is 32.1. The number of rotatable bonds is 5. The summed E-state index contributed by atoms with van der Waals surface area (Å²) in [6, 6.07) is 7.78. The molecule has 3 aromatic rings. The molecule has 142 valence electrons. The van der Waals surface area contributed by atoms with Gasteiger partial charge in [-0.25, -0.2) is 0 Å². The van der Waals surface area contributed by atoms with E-state index in [9.17, 15) is 9.59 Å². The quantitative estimate of drug-likeness (QED) is 0.679. The zero-order valence-corrected chi connectivity index (χ0v) is 16.3. The minimum absolute atomic E-state index is 0.0133. The molecule has 0 N–H and O–H groups in total. The predicted molar refractivity (Wildman–Crippen MR) is 107 cm³/mol. The standard InChI is InChI=1S/C20H24N4O2S/c1-22-12-15(11-21-22)13-23(16-7-3-2-4-8-16)19(25)14-24-20(26)17-9-5-6-10-18(17)27-24/h5-6,9-12,16H,2-4,7-8,13-14H2,1H3. The van der Waals surface area contributed by atoms with Gasteiger partial charge >= 0.3 is 0 Å². The highest BCUT2D eigenvalue weighted by Crippen LogP contribution is 2.25. The van der Waals surface area contributed by atoms with Gasteiger partial charge in [0.15, 0.2) is 0 Å². The van der Waals surface area contributed by atoms with Crippen LogP contribution in [0.1, 0.15) is 37.7 Å². The molecule has 1 aromatic carbocycles. The lowest BCUT2D eigenvalue weighted by Crippen LogP contribution is -2.43. The van der Waals surface area contributed by atoms with Gasteiger partial charge in [0.05, 0.1) is 16.3 Å². The molecule has 0 aliphatic heterocycles. The Morgan fingerprint density at radius 2 is 2.04 bits per heavy atom. The zero-order valence-electron chi connectivity index (χ0n) is 15.5. The van der Waals surface area contributed by atoms with Crippen LogP contribution < -0.4 is 5.56 Å². The van der Waals surface area contributed by atoms with Crippen LogP contribution in [0.15, 0.2) is 41.5 Å². The summed E-state index contributed by atoms with van der Waals surface area (Å²) >= 11 is 1.37. The SMILES string of the molecule is Cn1cc(CN(C(=O)Cn2sc3ccccc3c2=O)C2CCCCC2)cn1. The van der Waals surface area contributed by atoms with Crippen molar-refractivity contribution >= 4 is 27.5 Å². The van der Waals surface area contributed by atoms with Crippen LogP contribution in [0.3, 0.4) is 0 Å². The van der Waals surface area contributed by atoms with Gasteiger partial charge in [-0.2, -0.15) is 5.10 Å².